The maximum Gasteiger partial charge on any atom is 0.348 e. The molecule has 2 aliphatic rings. The van der Waals surface area contributed by atoms with Crippen molar-refractivity contribution in [1.29, 1.82) is 0 Å². The van der Waals surface area contributed by atoms with Crippen molar-refractivity contribution in [1.82, 2.24) is 0 Å². The highest BCUT2D eigenvalue weighted by Gasteiger charge is 2.36. The smallest absolute Gasteiger partial charge is 0.348 e. The van der Waals surface area contributed by atoms with Gasteiger partial charge in [0, 0.05) is 23.8 Å². The van der Waals surface area contributed by atoms with Gasteiger partial charge in [-0.2, -0.15) is 0 Å². The summed E-state index contributed by atoms with van der Waals surface area (Å²) in [4.78, 5) is 24.3. The molecule has 2 aliphatic carbocycles. The van der Waals surface area contributed by atoms with Crippen molar-refractivity contribution in [2.45, 2.75) is 62.9 Å². The van der Waals surface area contributed by atoms with Gasteiger partial charge in [0.15, 0.2) is 11.5 Å². The van der Waals surface area contributed by atoms with Crippen LogP contribution in [0.5, 0.6) is 11.5 Å². The quantitative estimate of drug-likeness (QED) is 0.455. The average molecular weight is 453 g/mol. The summed E-state index contributed by atoms with van der Waals surface area (Å²) >= 11 is 1.32. The van der Waals surface area contributed by atoms with Crippen molar-refractivity contribution in [3.8, 4) is 23.3 Å². The number of methoxy groups -OCH3 is 2. The monoisotopic (exact) mass is 452 g/mol. The third-order valence-corrected chi connectivity index (χ3v) is 7.32. The number of ether oxygens (including phenoxy) is 3. The second-order valence-electron chi connectivity index (χ2n) is 8.45. The Hall–Kier alpha value is -2.78. The zero-order valence-electron chi connectivity index (χ0n) is 18.6. The molecular weight excluding hydrogens is 424 g/mol. The molecule has 168 valence electrons. The molecule has 0 saturated heterocycles. The first kappa shape index (κ1) is 22.4. The lowest BCUT2D eigenvalue weighted by molar-refractivity contribution is -0.120. The molecule has 1 aromatic heterocycles. The predicted molar refractivity (Wildman–Crippen MR) is 124 cm³/mol. The fraction of sp³-hybridized carbons (Fsp3) is 0.462. The lowest BCUT2D eigenvalue weighted by Crippen LogP contribution is -2.30. The highest BCUT2D eigenvalue weighted by molar-refractivity contribution is 7.12. The number of ketones is 1. The summed E-state index contributed by atoms with van der Waals surface area (Å²) in [7, 11) is 3.02. The second kappa shape index (κ2) is 9.79. The van der Waals surface area contributed by atoms with Crippen LogP contribution in [0.25, 0.3) is 0 Å². The molecule has 2 aromatic rings. The summed E-state index contributed by atoms with van der Waals surface area (Å²) in [5.41, 5.74) is 1.39. The van der Waals surface area contributed by atoms with Gasteiger partial charge < -0.3 is 14.2 Å². The number of benzene rings is 1. The minimum absolute atomic E-state index is 0.219. The molecule has 32 heavy (non-hydrogen) atoms. The molecule has 1 heterocycles. The normalized spacial score (nSPS) is 18.0. The van der Waals surface area contributed by atoms with Gasteiger partial charge >= 0.3 is 5.97 Å². The molecule has 0 amide bonds. The number of esters is 1. The van der Waals surface area contributed by atoms with Crippen molar-refractivity contribution in [3.63, 3.8) is 0 Å². The maximum atomic E-state index is 12.0. The standard InChI is InChI=1S/C26H28O5S/c1-29-22-8-7-19(16-23(22)31-21-5-3-4-6-21)26(13-10-20(27)11-14-26)12-9-18-15-24(32-17-18)25(28)30-2/h7-8,15-17,21H,3-6,10-11,13-14H2,1-2H3. The first-order chi connectivity index (χ1) is 15.5. The van der Waals surface area contributed by atoms with Crippen LogP contribution in [0.2, 0.25) is 0 Å². The van der Waals surface area contributed by atoms with Gasteiger partial charge in [-0.15, -0.1) is 11.3 Å². The zero-order valence-corrected chi connectivity index (χ0v) is 19.4. The zero-order chi connectivity index (χ0) is 22.6. The fourth-order valence-corrected chi connectivity index (χ4v) is 5.25. The third kappa shape index (κ3) is 4.83. The maximum absolute atomic E-state index is 12.0. The molecule has 0 unspecified atom stereocenters. The fourth-order valence-electron chi connectivity index (χ4n) is 4.49. The van der Waals surface area contributed by atoms with Crippen LogP contribution in [0.4, 0.5) is 0 Å². The molecule has 0 aliphatic heterocycles. The van der Waals surface area contributed by atoms with E-state index >= 15 is 0 Å². The minimum atomic E-state index is -0.443. The minimum Gasteiger partial charge on any atom is -0.493 e. The summed E-state index contributed by atoms with van der Waals surface area (Å²) in [6.45, 7) is 0. The van der Waals surface area contributed by atoms with E-state index in [0.29, 0.717) is 30.6 Å². The Labute approximate surface area is 193 Å². The van der Waals surface area contributed by atoms with Gasteiger partial charge in [-0.3, -0.25) is 4.79 Å². The van der Waals surface area contributed by atoms with Gasteiger partial charge in [-0.05, 0) is 62.3 Å². The number of hydrogen-bond acceptors (Lipinski definition) is 6. The van der Waals surface area contributed by atoms with Gasteiger partial charge in [0.05, 0.1) is 25.7 Å². The largest absolute Gasteiger partial charge is 0.493 e. The molecule has 6 heteroatoms. The van der Waals surface area contributed by atoms with E-state index in [1.165, 1.54) is 31.3 Å². The highest BCUT2D eigenvalue weighted by atomic mass is 32.1. The Balaban J connectivity index is 1.68. The van der Waals surface area contributed by atoms with Crippen molar-refractivity contribution < 1.29 is 23.8 Å². The lowest BCUT2D eigenvalue weighted by atomic mass is 9.69. The molecular formula is C26H28O5S. The van der Waals surface area contributed by atoms with Gasteiger partial charge in [-0.1, -0.05) is 17.9 Å². The highest BCUT2D eigenvalue weighted by Crippen LogP contribution is 2.42. The number of thiophene rings is 1. The molecule has 2 fully saturated rings. The number of carbonyl (C=O) groups excluding carboxylic acids is 2. The van der Waals surface area contributed by atoms with Crippen LogP contribution >= 0.6 is 11.3 Å². The van der Waals surface area contributed by atoms with Crippen molar-refractivity contribution >= 4 is 23.1 Å². The van der Waals surface area contributed by atoms with Crippen molar-refractivity contribution in [2.24, 2.45) is 0 Å². The van der Waals surface area contributed by atoms with Crippen molar-refractivity contribution in [3.05, 3.63) is 45.6 Å². The topological polar surface area (TPSA) is 61.8 Å². The SMILES string of the molecule is COC(=O)c1cc(C#CC2(c3ccc(OC)c(OC4CCCC4)c3)CCC(=O)CC2)cs1. The average Bonchev–Trinajstić information content (AvgIpc) is 3.51. The predicted octanol–water partition coefficient (Wildman–Crippen LogP) is 5.30. The van der Waals surface area contributed by atoms with Crippen LogP contribution < -0.4 is 9.47 Å². The Bertz CT molecular complexity index is 1040. The van der Waals surface area contributed by atoms with Crippen LogP contribution in [0.1, 0.15) is 72.2 Å². The molecule has 0 N–H and O–H groups in total. The van der Waals surface area contributed by atoms with Crippen LogP contribution in [0, 0.1) is 11.8 Å². The van der Waals surface area contributed by atoms with Crippen molar-refractivity contribution in [2.75, 3.05) is 14.2 Å². The third-order valence-electron chi connectivity index (χ3n) is 6.41. The van der Waals surface area contributed by atoms with E-state index in [0.717, 1.165) is 35.5 Å². The number of carbonyl (C=O) groups is 2. The summed E-state index contributed by atoms with van der Waals surface area (Å²) in [6, 6.07) is 7.79. The molecule has 0 spiro atoms. The van der Waals surface area contributed by atoms with E-state index in [1.807, 2.05) is 17.5 Å². The Kier molecular flexibility index (Phi) is 6.86. The summed E-state index contributed by atoms with van der Waals surface area (Å²) in [6.07, 6.45) is 7.09. The first-order valence-corrected chi connectivity index (χ1v) is 12.0. The summed E-state index contributed by atoms with van der Waals surface area (Å²) < 4.78 is 16.7. The van der Waals surface area contributed by atoms with E-state index in [4.69, 9.17) is 14.2 Å². The molecule has 5 nitrogen and oxygen atoms in total. The van der Waals surface area contributed by atoms with E-state index in [-0.39, 0.29) is 17.9 Å². The van der Waals surface area contributed by atoms with Crippen LogP contribution in [0.15, 0.2) is 29.6 Å². The second-order valence-corrected chi connectivity index (χ2v) is 9.36. The summed E-state index contributed by atoms with van der Waals surface area (Å²) in [5, 5.41) is 1.86. The summed E-state index contributed by atoms with van der Waals surface area (Å²) in [5.74, 6) is 8.12. The van der Waals surface area contributed by atoms with Crippen LogP contribution in [-0.4, -0.2) is 32.1 Å². The lowest BCUT2D eigenvalue weighted by Gasteiger charge is -2.33. The van der Waals surface area contributed by atoms with E-state index < -0.39 is 5.41 Å². The van der Waals surface area contributed by atoms with E-state index in [2.05, 4.69) is 17.9 Å². The Morgan fingerprint density at radius 3 is 2.53 bits per heavy atom. The Morgan fingerprint density at radius 1 is 1.09 bits per heavy atom. The molecule has 2 saturated carbocycles. The van der Waals surface area contributed by atoms with Gasteiger partial charge in [-0.25, -0.2) is 4.79 Å². The number of rotatable bonds is 5. The van der Waals surface area contributed by atoms with Gasteiger partial charge in [0.1, 0.15) is 10.7 Å². The van der Waals surface area contributed by atoms with Crippen LogP contribution in [-0.2, 0) is 14.9 Å². The molecule has 0 bridgehead atoms. The first-order valence-electron chi connectivity index (χ1n) is 11.1. The number of hydrogen-bond donors (Lipinski definition) is 0. The Morgan fingerprint density at radius 2 is 1.84 bits per heavy atom. The van der Waals surface area contributed by atoms with Crippen LogP contribution in [0.3, 0.4) is 0 Å². The molecule has 0 radical (unpaired) electrons. The van der Waals surface area contributed by atoms with Gasteiger partial charge in [0.25, 0.3) is 0 Å². The van der Waals surface area contributed by atoms with E-state index in [1.54, 1.807) is 13.2 Å². The molecule has 1 aromatic carbocycles. The van der Waals surface area contributed by atoms with E-state index in [9.17, 15) is 9.59 Å². The van der Waals surface area contributed by atoms with Gasteiger partial charge in [0.2, 0.25) is 0 Å². The molecule has 4 rings (SSSR count). The number of Topliss-reactive ketones (excluding diaryl/α,β-unsaturated/α-hetero) is 1. The molecule has 0 atom stereocenters.